The molecule has 2 rings (SSSR count). The minimum absolute atomic E-state index is 0.0321. The molecule has 2 aromatic rings. The summed E-state index contributed by atoms with van der Waals surface area (Å²) in [4.78, 5) is 12.0. The Bertz CT molecular complexity index is 762. The fourth-order valence-electron chi connectivity index (χ4n) is 2.36. The summed E-state index contributed by atoms with van der Waals surface area (Å²) < 4.78 is 48.8. The number of alkyl carbamates (subject to hydrolysis) is 1. The van der Waals surface area contributed by atoms with Gasteiger partial charge in [-0.25, -0.2) is 4.79 Å². The van der Waals surface area contributed by atoms with E-state index in [2.05, 4.69) is 5.32 Å². The van der Waals surface area contributed by atoms with Crippen LogP contribution in [0.1, 0.15) is 30.0 Å². The number of halogens is 3. The van der Waals surface area contributed by atoms with Gasteiger partial charge in [0.2, 0.25) is 0 Å². The van der Waals surface area contributed by atoms with E-state index in [4.69, 9.17) is 9.47 Å². The summed E-state index contributed by atoms with van der Waals surface area (Å²) in [5.74, 6) is 0.0761. The Morgan fingerprint density at radius 1 is 1.15 bits per heavy atom. The molecule has 0 heterocycles. The van der Waals surface area contributed by atoms with Gasteiger partial charge >= 0.3 is 12.3 Å². The molecule has 0 saturated heterocycles. The fourth-order valence-corrected chi connectivity index (χ4v) is 2.36. The molecule has 7 heteroatoms. The molecule has 1 unspecified atom stereocenters. The summed E-state index contributed by atoms with van der Waals surface area (Å²) in [5, 5.41) is 2.67. The Morgan fingerprint density at radius 3 is 2.56 bits per heavy atom. The maximum atomic E-state index is 12.7. The number of rotatable bonds is 7. The van der Waals surface area contributed by atoms with Crippen molar-refractivity contribution in [1.82, 2.24) is 5.32 Å². The SMILES string of the molecule is CCC(COc1cccc(C(F)(F)F)c1)OC(=O)NCc1ccccc1C. The molecule has 2 aromatic carbocycles. The number of benzene rings is 2. The third-order valence-electron chi connectivity index (χ3n) is 4.01. The third-order valence-corrected chi connectivity index (χ3v) is 4.01. The molecule has 0 aliphatic carbocycles. The van der Waals surface area contributed by atoms with Gasteiger partial charge in [0.1, 0.15) is 18.5 Å². The van der Waals surface area contributed by atoms with Crippen LogP contribution in [-0.4, -0.2) is 18.8 Å². The second kappa shape index (κ2) is 9.30. The lowest BCUT2D eigenvalue weighted by Gasteiger charge is -2.18. The molecule has 0 aliphatic heterocycles. The van der Waals surface area contributed by atoms with Crippen molar-refractivity contribution in [2.24, 2.45) is 0 Å². The van der Waals surface area contributed by atoms with Crippen LogP contribution in [0.15, 0.2) is 48.5 Å². The number of alkyl halides is 3. The zero-order valence-electron chi connectivity index (χ0n) is 15.2. The molecule has 1 atom stereocenters. The van der Waals surface area contributed by atoms with Crippen LogP contribution in [0.2, 0.25) is 0 Å². The number of nitrogens with one attached hydrogen (secondary N) is 1. The molecule has 146 valence electrons. The average Bonchev–Trinajstić information content (AvgIpc) is 2.64. The van der Waals surface area contributed by atoms with Gasteiger partial charge in [0, 0.05) is 6.54 Å². The van der Waals surface area contributed by atoms with E-state index in [1.54, 1.807) is 6.92 Å². The van der Waals surface area contributed by atoms with Gasteiger partial charge in [0.05, 0.1) is 5.56 Å². The third kappa shape index (κ3) is 6.51. The first-order valence-electron chi connectivity index (χ1n) is 8.58. The first-order valence-corrected chi connectivity index (χ1v) is 8.58. The van der Waals surface area contributed by atoms with Gasteiger partial charge in [-0.15, -0.1) is 0 Å². The Labute approximate surface area is 156 Å². The highest BCUT2D eigenvalue weighted by atomic mass is 19.4. The highest BCUT2D eigenvalue weighted by molar-refractivity contribution is 5.67. The van der Waals surface area contributed by atoms with Crippen molar-refractivity contribution >= 4 is 6.09 Å². The largest absolute Gasteiger partial charge is 0.490 e. The maximum Gasteiger partial charge on any atom is 0.416 e. The Morgan fingerprint density at radius 2 is 1.89 bits per heavy atom. The molecule has 0 radical (unpaired) electrons. The average molecular weight is 381 g/mol. The van der Waals surface area contributed by atoms with Gasteiger partial charge in [-0.2, -0.15) is 13.2 Å². The normalized spacial score (nSPS) is 12.3. The van der Waals surface area contributed by atoms with Gasteiger partial charge in [-0.1, -0.05) is 37.3 Å². The van der Waals surface area contributed by atoms with E-state index < -0.39 is 23.9 Å². The number of carbonyl (C=O) groups is 1. The highest BCUT2D eigenvalue weighted by Crippen LogP contribution is 2.31. The van der Waals surface area contributed by atoms with E-state index in [0.717, 1.165) is 23.3 Å². The van der Waals surface area contributed by atoms with E-state index >= 15 is 0 Å². The van der Waals surface area contributed by atoms with E-state index in [1.807, 2.05) is 31.2 Å². The smallest absolute Gasteiger partial charge is 0.416 e. The van der Waals surface area contributed by atoms with Crippen molar-refractivity contribution in [3.63, 3.8) is 0 Å². The van der Waals surface area contributed by atoms with Gasteiger partial charge in [0.25, 0.3) is 0 Å². The molecule has 0 fully saturated rings. The number of carbonyl (C=O) groups excluding carboxylic acids is 1. The summed E-state index contributed by atoms with van der Waals surface area (Å²) in [5.41, 5.74) is 1.24. The van der Waals surface area contributed by atoms with Crippen LogP contribution < -0.4 is 10.1 Å². The first-order chi connectivity index (χ1) is 12.8. The second-order valence-corrected chi connectivity index (χ2v) is 6.05. The molecule has 1 N–H and O–H groups in total. The van der Waals surface area contributed by atoms with Gasteiger partial charge in [0.15, 0.2) is 0 Å². The van der Waals surface area contributed by atoms with Crippen LogP contribution in [0, 0.1) is 6.92 Å². The van der Waals surface area contributed by atoms with Crippen molar-refractivity contribution in [2.75, 3.05) is 6.61 Å². The van der Waals surface area contributed by atoms with E-state index in [9.17, 15) is 18.0 Å². The molecule has 1 amide bonds. The second-order valence-electron chi connectivity index (χ2n) is 6.05. The number of hydrogen-bond acceptors (Lipinski definition) is 3. The summed E-state index contributed by atoms with van der Waals surface area (Å²) in [6, 6.07) is 12.2. The first kappa shape index (κ1) is 20.6. The van der Waals surface area contributed by atoms with Crippen molar-refractivity contribution in [2.45, 2.75) is 39.1 Å². The zero-order chi connectivity index (χ0) is 19.9. The van der Waals surface area contributed by atoms with E-state index in [1.165, 1.54) is 12.1 Å². The molecule has 0 bridgehead atoms. The lowest BCUT2D eigenvalue weighted by atomic mass is 10.1. The number of hydrogen-bond donors (Lipinski definition) is 1. The monoisotopic (exact) mass is 381 g/mol. The fraction of sp³-hybridized carbons (Fsp3) is 0.350. The van der Waals surface area contributed by atoms with Crippen molar-refractivity contribution in [3.8, 4) is 5.75 Å². The Kier molecular flexibility index (Phi) is 7.10. The van der Waals surface area contributed by atoms with Crippen molar-refractivity contribution in [3.05, 3.63) is 65.2 Å². The van der Waals surface area contributed by atoms with Crippen LogP contribution in [-0.2, 0) is 17.5 Å². The molecular weight excluding hydrogens is 359 g/mol. The Balaban J connectivity index is 1.85. The lowest BCUT2D eigenvalue weighted by Crippen LogP contribution is -2.31. The van der Waals surface area contributed by atoms with Crippen LogP contribution >= 0.6 is 0 Å². The van der Waals surface area contributed by atoms with Crippen LogP contribution in [0.4, 0.5) is 18.0 Å². The minimum Gasteiger partial charge on any atom is -0.490 e. The van der Waals surface area contributed by atoms with Crippen LogP contribution in [0.3, 0.4) is 0 Å². The van der Waals surface area contributed by atoms with Crippen molar-refractivity contribution < 1.29 is 27.4 Å². The quantitative estimate of drug-likeness (QED) is 0.726. The van der Waals surface area contributed by atoms with E-state index in [-0.39, 0.29) is 12.4 Å². The number of ether oxygens (including phenoxy) is 2. The van der Waals surface area contributed by atoms with E-state index in [0.29, 0.717) is 13.0 Å². The molecule has 0 aliphatic rings. The highest BCUT2D eigenvalue weighted by Gasteiger charge is 2.30. The predicted molar refractivity (Wildman–Crippen MR) is 95.5 cm³/mol. The number of aryl methyl sites for hydroxylation is 1. The minimum atomic E-state index is -4.44. The van der Waals surface area contributed by atoms with Gasteiger partial charge < -0.3 is 14.8 Å². The molecule has 0 spiro atoms. The standard InChI is InChI=1S/C20H22F3NO3/c1-3-17(13-26-18-10-6-9-16(11-18)20(21,22)23)27-19(25)24-12-15-8-5-4-7-14(15)2/h4-11,17H,3,12-13H2,1-2H3,(H,24,25). The molecule has 0 aromatic heterocycles. The molecular formula is C20H22F3NO3. The topological polar surface area (TPSA) is 47.6 Å². The molecule has 27 heavy (non-hydrogen) atoms. The van der Waals surface area contributed by atoms with Gasteiger partial charge in [-0.3, -0.25) is 0 Å². The van der Waals surface area contributed by atoms with Crippen molar-refractivity contribution in [1.29, 1.82) is 0 Å². The lowest BCUT2D eigenvalue weighted by molar-refractivity contribution is -0.137. The zero-order valence-corrected chi connectivity index (χ0v) is 15.2. The Hall–Kier alpha value is -2.70. The summed E-state index contributed by atoms with van der Waals surface area (Å²) in [7, 11) is 0. The molecule has 4 nitrogen and oxygen atoms in total. The molecule has 0 saturated carbocycles. The predicted octanol–water partition coefficient (Wildman–Crippen LogP) is 5.10. The van der Waals surface area contributed by atoms with Crippen LogP contribution in [0.25, 0.3) is 0 Å². The summed E-state index contributed by atoms with van der Waals surface area (Å²) in [6.45, 7) is 4.04. The van der Waals surface area contributed by atoms with Gasteiger partial charge in [-0.05, 0) is 42.7 Å². The summed E-state index contributed by atoms with van der Waals surface area (Å²) in [6.07, 6.45) is -5.14. The van der Waals surface area contributed by atoms with Crippen LogP contribution in [0.5, 0.6) is 5.75 Å². The maximum absolute atomic E-state index is 12.7. The summed E-state index contributed by atoms with van der Waals surface area (Å²) >= 11 is 0. The number of amides is 1.